The van der Waals surface area contributed by atoms with Crippen molar-refractivity contribution in [2.24, 2.45) is 0 Å². The molecule has 2 rings (SSSR count). The van der Waals surface area contributed by atoms with Gasteiger partial charge in [-0.25, -0.2) is 0 Å². The van der Waals surface area contributed by atoms with Crippen LogP contribution in [0.5, 0.6) is 5.75 Å². The fraction of sp³-hybridized carbons (Fsp3) is 0.357. The molecule has 1 aromatic carbocycles. The number of ether oxygens (including phenoxy) is 1. The number of nitrogen functional groups attached to an aromatic ring is 1. The molecule has 2 N–H and O–H groups in total. The Kier molecular flexibility index (Phi) is 3.81. The van der Waals surface area contributed by atoms with Crippen molar-refractivity contribution in [3.05, 3.63) is 30.6 Å². The molecule has 1 aromatic heterocycles. The van der Waals surface area contributed by atoms with E-state index in [-0.39, 0.29) is 0 Å². The molecule has 0 unspecified atom stereocenters. The number of nitrogens with two attached hydrogens (primary N) is 1. The smallest absolute Gasteiger partial charge is 0.127 e. The Balaban J connectivity index is 2.20. The molecule has 0 saturated carbocycles. The van der Waals surface area contributed by atoms with E-state index in [2.05, 4.69) is 11.9 Å². The molecular formula is C14H18N2O. The Hall–Kier alpha value is -1.77. The van der Waals surface area contributed by atoms with Crippen LogP contribution in [0.25, 0.3) is 10.8 Å². The lowest BCUT2D eigenvalue weighted by Gasteiger charge is -2.10. The van der Waals surface area contributed by atoms with Gasteiger partial charge in [0.25, 0.3) is 0 Å². The topological polar surface area (TPSA) is 48.1 Å². The van der Waals surface area contributed by atoms with Crippen LogP contribution in [0.2, 0.25) is 0 Å². The lowest BCUT2D eigenvalue weighted by atomic mass is 10.1. The number of hydrogen-bond donors (Lipinski definition) is 1. The second kappa shape index (κ2) is 5.53. The Morgan fingerprint density at radius 2 is 2.06 bits per heavy atom. The summed E-state index contributed by atoms with van der Waals surface area (Å²) < 4.78 is 5.79. The number of benzene rings is 1. The highest BCUT2D eigenvalue weighted by Crippen LogP contribution is 2.29. The van der Waals surface area contributed by atoms with E-state index < -0.39 is 0 Å². The van der Waals surface area contributed by atoms with Crippen LogP contribution >= 0.6 is 0 Å². The van der Waals surface area contributed by atoms with Crippen molar-refractivity contribution in [2.45, 2.75) is 26.2 Å². The van der Waals surface area contributed by atoms with Crippen molar-refractivity contribution < 1.29 is 4.74 Å². The van der Waals surface area contributed by atoms with Crippen molar-refractivity contribution in [3.63, 3.8) is 0 Å². The normalized spacial score (nSPS) is 10.6. The molecule has 2 aromatic rings. The van der Waals surface area contributed by atoms with Crippen molar-refractivity contribution in [1.29, 1.82) is 0 Å². The first-order chi connectivity index (χ1) is 8.33. The Morgan fingerprint density at radius 3 is 2.88 bits per heavy atom. The van der Waals surface area contributed by atoms with Gasteiger partial charge in [0.2, 0.25) is 0 Å². The van der Waals surface area contributed by atoms with Gasteiger partial charge in [-0.15, -0.1) is 0 Å². The molecule has 3 heteroatoms. The summed E-state index contributed by atoms with van der Waals surface area (Å²) in [5.74, 6) is 0.896. The second-order valence-electron chi connectivity index (χ2n) is 4.13. The molecule has 1 heterocycles. The van der Waals surface area contributed by atoms with Crippen molar-refractivity contribution in [1.82, 2.24) is 4.98 Å². The second-order valence-corrected chi connectivity index (χ2v) is 4.13. The molecule has 0 aliphatic heterocycles. The van der Waals surface area contributed by atoms with Crippen LogP contribution in [-0.2, 0) is 0 Å². The SMILES string of the molecule is CCCCCOc1ccc(N)c2cnccc12. The highest BCUT2D eigenvalue weighted by atomic mass is 16.5. The van der Waals surface area contributed by atoms with Gasteiger partial charge in [-0.2, -0.15) is 0 Å². The third-order valence-electron chi connectivity index (χ3n) is 2.82. The summed E-state index contributed by atoms with van der Waals surface area (Å²) in [5.41, 5.74) is 6.65. The monoisotopic (exact) mass is 230 g/mol. The quantitative estimate of drug-likeness (QED) is 0.632. The van der Waals surface area contributed by atoms with Gasteiger partial charge >= 0.3 is 0 Å². The maximum absolute atomic E-state index is 5.91. The number of pyridine rings is 1. The van der Waals surface area contributed by atoms with Crippen LogP contribution in [0.4, 0.5) is 5.69 Å². The van der Waals surface area contributed by atoms with Gasteiger partial charge < -0.3 is 10.5 Å². The molecule has 0 spiro atoms. The summed E-state index contributed by atoms with van der Waals surface area (Å²) >= 11 is 0. The minimum Gasteiger partial charge on any atom is -0.493 e. The molecule has 17 heavy (non-hydrogen) atoms. The number of hydrogen-bond acceptors (Lipinski definition) is 3. The fourth-order valence-corrected chi connectivity index (χ4v) is 1.84. The fourth-order valence-electron chi connectivity index (χ4n) is 1.84. The molecule has 0 fully saturated rings. The minimum absolute atomic E-state index is 0.744. The Bertz CT molecular complexity index is 497. The number of fused-ring (bicyclic) bond motifs is 1. The molecule has 0 atom stereocenters. The van der Waals surface area contributed by atoms with Crippen LogP contribution in [0, 0.1) is 0 Å². The van der Waals surface area contributed by atoms with Gasteiger partial charge in [-0.05, 0) is 24.6 Å². The maximum atomic E-state index is 5.91. The average molecular weight is 230 g/mol. The van der Waals surface area contributed by atoms with Crippen LogP contribution < -0.4 is 10.5 Å². The number of rotatable bonds is 5. The van der Waals surface area contributed by atoms with Gasteiger partial charge in [0.15, 0.2) is 0 Å². The molecule has 0 aliphatic carbocycles. The van der Waals surface area contributed by atoms with Crippen LogP contribution in [0.3, 0.4) is 0 Å². The van der Waals surface area contributed by atoms with E-state index in [0.717, 1.165) is 35.2 Å². The predicted octanol–water partition coefficient (Wildman–Crippen LogP) is 3.39. The molecule has 90 valence electrons. The van der Waals surface area contributed by atoms with Gasteiger partial charge in [-0.3, -0.25) is 4.98 Å². The summed E-state index contributed by atoms with van der Waals surface area (Å²) in [6.07, 6.45) is 7.04. The van der Waals surface area contributed by atoms with E-state index in [9.17, 15) is 0 Å². The largest absolute Gasteiger partial charge is 0.493 e. The summed E-state index contributed by atoms with van der Waals surface area (Å²) in [6, 6.07) is 5.75. The van der Waals surface area contributed by atoms with Crippen LogP contribution in [0.1, 0.15) is 26.2 Å². The molecule has 0 amide bonds. The van der Waals surface area contributed by atoms with Crippen LogP contribution in [-0.4, -0.2) is 11.6 Å². The zero-order valence-corrected chi connectivity index (χ0v) is 10.1. The zero-order valence-electron chi connectivity index (χ0n) is 10.1. The lowest BCUT2D eigenvalue weighted by molar-refractivity contribution is 0.310. The highest BCUT2D eigenvalue weighted by Gasteiger charge is 2.04. The summed E-state index contributed by atoms with van der Waals surface area (Å²) in [6.45, 7) is 2.94. The molecule has 0 radical (unpaired) electrons. The van der Waals surface area contributed by atoms with Crippen molar-refractivity contribution >= 4 is 16.5 Å². The summed E-state index contributed by atoms with van der Waals surface area (Å²) in [5, 5.41) is 2.00. The van der Waals surface area contributed by atoms with E-state index in [0.29, 0.717) is 0 Å². The lowest BCUT2D eigenvalue weighted by Crippen LogP contribution is -1.98. The average Bonchev–Trinajstić information content (AvgIpc) is 2.37. The van der Waals surface area contributed by atoms with Gasteiger partial charge in [0.05, 0.1) is 6.61 Å². The standard InChI is InChI=1S/C14H18N2O/c1-2-3-4-9-17-14-6-5-13(15)12-10-16-8-7-11(12)14/h5-8,10H,2-4,9,15H2,1H3. The third kappa shape index (κ3) is 2.67. The maximum Gasteiger partial charge on any atom is 0.127 e. The summed E-state index contributed by atoms with van der Waals surface area (Å²) in [4.78, 5) is 4.09. The first-order valence-electron chi connectivity index (χ1n) is 6.08. The third-order valence-corrected chi connectivity index (χ3v) is 2.82. The number of nitrogens with zero attached hydrogens (tertiary/aromatic N) is 1. The van der Waals surface area contributed by atoms with E-state index in [1.165, 1.54) is 12.8 Å². The van der Waals surface area contributed by atoms with E-state index in [4.69, 9.17) is 10.5 Å². The minimum atomic E-state index is 0.744. The van der Waals surface area contributed by atoms with Gasteiger partial charge in [-0.1, -0.05) is 19.8 Å². The highest BCUT2D eigenvalue weighted by molar-refractivity contribution is 5.96. The number of anilines is 1. The first kappa shape index (κ1) is 11.7. The first-order valence-corrected chi connectivity index (χ1v) is 6.08. The van der Waals surface area contributed by atoms with E-state index in [1.807, 2.05) is 18.2 Å². The predicted molar refractivity (Wildman–Crippen MR) is 71.2 cm³/mol. The number of unbranched alkanes of at least 4 members (excludes halogenated alkanes) is 2. The Morgan fingerprint density at radius 1 is 1.18 bits per heavy atom. The Labute approximate surface area is 102 Å². The summed E-state index contributed by atoms with van der Waals surface area (Å²) in [7, 11) is 0. The van der Waals surface area contributed by atoms with Gasteiger partial charge in [0, 0.05) is 28.9 Å². The van der Waals surface area contributed by atoms with E-state index >= 15 is 0 Å². The molecule has 0 bridgehead atoms. The van der Waals surface area contributed by atoms with E-state index in [1.54, 1.807) is 12.4 Å². The van der Waals surface area contributed by atoms with Crippen molar-refractivity contribution in [3.8, 4) is 5.75 Å². The number of aromatic nitrogens is 1. The zero-order chi connectivity index (χ0) is 12.1. The van der Waals surface area contributed by atoms with Crippen LogP contribution in [0.15, 0.2) is 30.6 Å². The molecule has 0 aliphatic rings. The van der Waals surface area contributed by atoms with Gasteiger partial charge in [0.1, 0.15) is 5.75 Å². The van der Waals surface area contributed by atoms with Crippen molar-refractivity contribution in [2.75, 3.05) is 12.3 Å². The molecular weight excluding hydrogens is 212 g/mol. The molecule has 3 nitrogen and oxygen atoms in total. The molecule has 0 saturated heterocycles.